The summed E-state index contributed by atoms with van der Waals surface area (Å²) < 4.78 is 2.52. The van der Waals surface area contributed by atoms with Crippen LogP contribution in [0.15, 0.2) is 134 Å². The lowest BCUT2D eigenvalue weighted by Crippen LogP contribution is -2.00. The predicted molar refractivity (Wildman–Crippen MR) is 170 cm³/mol. The molecule has 0 amide bonds. The first-order chi connectivity index (χ1) is 20.3. The number of hydrogen-bond acceptors (Lipinski definition) is 5. The van der Waals surface area contributed by atoms with Gasteiger partial charge in [-0.3, -0.25) is 4.98 Å². The van der Waals surface area contributed by atoms with Gasteiger partial charge in [-0.05, 0) is 28.6 Å². The van der Waals surface area contributed by atoms with Crippen molar-refractivity contribution in [3.8, 4) is 45.3 Å². The van der Waals surface area contributed by atoms with E-state index in [4.69, 9.17) is 15.0 Å². The summed E-state index contributed by atoms with van der Waals surface area (Å²) in [5.74, 6) is 1.98. The molecule has 8 aromatic rings. The molecule has 192 valence electrons. The lowest BCUT2D eigenvalue weighted by Gasteiger charge is -2.09. The summed E-state index contributed by atoms with van der Waals surface area (Å²) in [4.78, 5) is 18.9. The minimum Gasteiger partial charge on any atom is -0.263 e. The topological polar surface area (TPSA) is 51.6 Å². The second-order valence-electron chi connectivity index (χ2n) is 9.97. The Morgan fingerprint density at radius 1 is 0.439 bits per heavy atom. The molecule has 0 saturated carbocycles. The lowest BCUT2D eigenvalue weighted by molar-refractivity contribution is 1.07. The predicted octanol–water partition coefficient (Wildman–Crippen LogP) is 9.46. The molecule has 41 heavy (non-hydrogen) atoms. The van der Waals surface area contributed by atoms with Crippen LogP contribution in [0.4, 0.5) is 0 Å². The van der Waals surface area contributed by atoms with E-state index in [1.165, 1.54) is 36.5 Å². The van der Waals surface area contributed by atoms with Crippen molar-refractivity contribution in [2.75, 3.05) is 0 Å². The molecular weight excluding hydrogens is 520 g/mol. The second kappa shape index (κ2) is 9.73. The Labute approximate surface area is 240 Å². The van der Waals surface area contributed by atoms with Crippen LogP contribution in [0, 0.1) is 0 Å². The van der Waals surface area contributed by atoms with E-state index < -0.39 is 0 Å². The molecule has 0 saturated heterocycles. The van der Waals surface area contributed by atoms with Gasteiger partial charge in [-0.1, -0.05) is 109 Å². The third-order valence-electron chi connectivity index (χ3n) is 7.43. The van der Waals surface area contributed by atoms with Crippen molar-refractivity contribution >= 4 is 42.3 Å². The Morgan fingerprint density at radius 2 is 1.00 bits per heavy atom. The molecule has 3 aromatic heterocycles. The molecule has 8 rings (SSSR count). The number of hydrogen-bond donors (Lipinski definition) is 0. The number of benzene rings is 5. The molecule has 0 aliphatic heterocycles. The van der Waals surface area contributed by atoms with Crippen LogP contribution in [0.1, 0.15) is 0 Å². The third-order valence-corrected chi connectivity index (χ3v) is 8.62. The van der Waals surface area contributed by atoms with Crippen LogP contribution in [-0.2, 0) is 0 Å². The quantitative estimate of drug-likeness (QED) is 0.222. The van der Waals surface area contributed by atoms with Gasteiger partial charge in [0.2, 0.25) is 0 Å². The van der Waals surface area contributed by atoms with Crippen molar-refractivity contribution in [3.63, 3.8) is 0 Å². The number of fused-ring (bicyclic) bond motifs is 5. The van der Waals surface area contributed by atoms with Crippen LogP contribution < -0.4 is 0 Å². The standard InChI is InChI=1S/C36H22N4S/c1-3-7-25(8-4-1)34-38-35(26-9-5-2-6-10-26)40-36(39-34)27-14-11-23(12-15-27)28-16-13-24-17-18-30-29-19-20-37-22-32(29)41-33(30)31(24)21-28/h1-22H. The number of aromatic nitrogens is 4. The SMILES string of the molecule is c1ccc(-c2nc(-c3ccccc3)nc(-c3ccc(-c4ccc5ccc6c7ccncc7sc6c5c4)cc3)n2)cc1. The minimum atomic E-state index is 0.656. The summed E-state index contributed by atoms with van der Waals surface area (Å²) in [5.41, 5.74) is 5.20. The summed E-state index contributed by atoms with van der Waals surface area (Å²) in [5, 5.41) is 5.05. The van der Waals surface area contributed by atoms with E-state index >= 15 is 0 Å². The first-order valence-corrected chi connectivity index (χ1v) is 14.3. The van der Waals surface area contributed by atoms with Gasteiger partial charge in [-0.2, -0.15) is 0 Å². The zero-order chi connectivity index (χ0) is 27.2. The van der Waals surface area contributed by atoms with Gasteiger partial charge < -0.3 is 0 Å². The molecule has 0 unspecified atom stereocenters. The van der Waals surface area contributed by atoms with E-state index in [-0.39, 0.29) is 0 Å². The minimum absolute atomic E-state index is 0.656. The Balaban J connectivity index is 1.21. The van der Waals surface area contributed by atoms with Crippen LogP contribution in [0.25, 0.3) is 76.2 Å². The average Bonchev–Trinajstić information content (AvgIpc) is 3.45. The van der Waals surface area contributed by atoms with Gasteiger partial charge in [0.05, 0.1) is 4.70 Å². The first-order valence-electron chi connectivity index (χ1n) is 13.5. The number of pyridine rings is 1. The van der Waals surface area contributed by atoms with Crippen LogP contribution in [0.3, 0.4) is 0 Å². The van der Waals surface area contributed by atoms with E-state index in [2.05, 4.69) is 65.6 Å². The maximum absolute atomic E-state index is 4.87. The Hall–Kier alpha value is -5.26. The van der Waals surface area contributed by atoms with Crippen molar-refractivity contribution < 1.29 is 0 Å². The number of rotatable bonds is 4. The van der Waals surface area contributed by atoms with E-state index in [0.29, 0.717) is 17.5 Å². The van der Waals surface area contributed by atoms with Crippen LogP contribution in [-0.4, -0.2) is 19.9 Å². The molecule has 0 bridgehead atoms. The molecule has 5 aromatic carbocycles. The summed E-state index contributed by atoms with van der Waals surface area (Å²) >= 11 is 1.81. The number of nitrogens with zero attached hydrogens (tertiary/aromatic N) is 4. The summed E-state index contributed by atoms with van der Waals surface area (Å²) in [7, 11) is 0. The maximum atomic E-state index is 4.87. The normalized spacial score (nSPS) is 11.4. The molecule has 0 N–H and O–H groups in total. The van der Waals surface area contributed by atoms with Crippen molar-refractivity contribution in [1.29, 1.82) is 0 Å². The van der Waals surface area contributed by atoms with Crippen LogP contribution >= 0.6 is 11.3 Å². The molecule has 3 heterocycles. The molecule has 0 fully saturated rings. The van der Waals surface area contributed by atoms with Gasteiger partial charge in [0.25, 0.3) is 0 Å². The Kier molecular flexibility index (Phi) is 5.61. The third kappa shape index (κ3) is 4.24. The zero-order valence-corrected chi connectivity index (χ0v) is 22.7. The fraction of sp³-hybridized carbons (Fsp3) is 0. The molecule has 0 atom stereocenters. The van der Waals surface area contributed by atoms with Gasteiger partial charge in [0.15, 0.2) is 17.5 Å². The number of thiophene rings is 1. The van der Waals surface area contributed by atoms with Gasteiger partial charge in [-0.15, -0.1) is 11.3 Å². The summed E-state index contributed by atoms with van der Waals surface area (Å²) in [6.45, 7) is 0. The highest BCUT2D eigenvalue weighted by Gasteiger charge is 2.13. The van der Waals surface area contributed by atoms with Crippen LogP contribution in [0.2, 0.25) is 0 Å². The smallest absolute Gasteiger partial charge is 0.164 e. The average molecular weight is 543 g/mol. The Morgan fingerprint density at radius 3 is 1.66 bits per heavy atom. The second-order valence-corrected chi connectivity index (χ2v) is 11.0. The fourth-order valence-electron chi connectivity index (χ4n) is 5.34. The molecule has 0 radical (unpaired) electrons. The van der Waals surface area contributed by atoms with E-state index in [0.717, 1.165) is 22.3 Å². The van der Waals surface area contributed by atoms with Gasteiger partial charge in [0.1, 0.15) is 0 Å². The van der Waals surface area contributed by atoms with Crippen molar-refractivity contribution in [2.45, 2.75) is 0 Å². The highest BCUT2D eigenvalue weighted by Crippen LogP contribution is 2.39. The van der Waals surface area contributed by atoms with Crippen LogP contribution in [0.5, 0.6) is 0 Å². The highest BCUT2D eigenvalue weighted by molar-refractivity contribution is 7.26. The van der Waals surface area contributed by atoms with Crippen molar-refractivity contribution in [3.05, 3.63) is 134 Å². The lowest BCUT2D eigenvalue weighted by atomic mass is 9.99. The molecule has 0 aliphatic carbocycles. The van der Waals surface area contributed by atoms with E-state index in [1.54, 1.807) is 0 Å². The van der Waals surface area contributed by atoms with Gasteiger partial charge in [-0.25, -0.2) is 15.0 Å². The van der Waals surface area contributed by atoms with Crippen molar-refractivity contribution in [2.24, 2.45) is 0 Å². The molecule has 5 heteroatoms. The molecule has 0 aliphatic rings. The Bertz CT molecular complexity index is 2130. The maximum Gasteiger partial charge on any atom is 0.164 e. The first kappa shape index (κ1) is 23.6. The molecule has 0 spiro atoms. The summed E-state index contributed by atoms with van der Waals surface area (Å²) in [6, 6.07) is 41.9. The van der Waals surface area contributed by atoms with Gasteiger partial charge in [0, 0.05) is 49.9 Å². The highest BCUT2D eigenvalue weighted by atomic mass is 32.1. The summed E-state index contributed by atoms with van der Waals surface area (Å²) in [6.07, 6.45) is 3.83. The fourth-order valence-corrected chi connectivity index (χ4v) is 6.53. The molecular formula is C36H22N4S. The monoisotopic (exact) mass is 542 g/mol. The largest absolute Gasteiger partial charge is 0.263 e. The van der Waals surface area contributed by atoms with Gasteiger partial charge >= 0.3 is 0 Å². The molecule has 4 nitrogen and oxygen atoms in total. The van der Waals surface area contributed by atoms with E-state index in [1.807, 2.05) is 84.4 Å². The zero-order valence-electron chi connectivity index (χ0n) is 21.9. The van der Waals surface area contributed by atoms with Crippen molar-refractivity contribution in [1.82, 2.24) is 19.9 Å². The van der Waals surface area contributed by atoms with E-state index in [9.17, 15) is 0 Å².